The van der Waals surface area contributed by atoms with Crippen molar-refractivity contribution in [2.75, 3.05) is 31.1 Å². The van der Waals surface area contributed by atoms with E-state index in [0.29, 0.717) is 0 Å². The Morgan fingerprint density at radius 1 is 0.870 bits per heavy atom. The second kappa shape index (κ2) is 6.34. The Labute approximate surface area is 136 Å². The van der Waals surface area contributed by atoms with E-state index < -0.39 is 0 Å². The molecule has 3 aromatic rings. The third-order valence-electron chi connectivity index (χ3n) is 4.28. The second-order valence-electron chi connectivity index (χ2n) is 5.89. The summed E-state index contributed by atoms with van der Waals surface area (Å²) in [4.78, 5) is 12.0. The molecule has 1 fully saturated rings. The molecule has 0 radical (unpaired) electrons. The zero-order valence-electron chi connectivity index (χ0n) is 13.1. The van der Waals surface area contributed by atoms with Gasteiger partial charge in [-0.2, -0.15) is 0 Å². The summed E-state index contributed by atoms with van der Waals surface area (Å²) in [6.45, 7) is 3.90. The van der Waals surface area contributed by atoms with Gasteiger partial charge in [-0.15, -0.1) is 0 Å². The van der Waals surface area contributed by atoms with Crippen molar-refractivity contribution >= 4 is 16.9 Å². The van der Waals surface area contributed by atoms with Crippen LogP contribution in [-0.2, 0) is 6.42 Å². The number of hydrogen-bond donors (Lipinski definition) is 1. The highest BCUT2D eigenvalue weighted by Gasteiger charge is 2.16. The van der Waals surface area contributed by atoms with Crippen molar-refractivity contribution in [2.45, 2.75) is 6.42 Å². The average molecular weight is 304 g/mol. The van der Waals surface area contributed by atoms with Crippen LogP contribution in [-0.4, -0.2) is 36.1 Å². The second-order valence-corrected chi connectivity index (χ2v) is 5.89. The Balaban J connectivity index is 1.77. The van der Waals surface area contributed by atoms with Gasteiger partial charge in [0.25, 0.3) is 0 Å². The average Bonchev–Trinajstić information content (AvgIpc) is 2.63. The molecule has 1 aromatic heterocycles. The standard InChI is InChI=1S/C19H20N4/c1-2-6-15(7-3-1)14-18-16-8-4-5-9-17(16)21-19(22-18)23-12-10-20-11-13-23/h1-9,20H,10-14H2. The Kier molecular flexibility index (Phi) is 3.90. The predicted octanol–water partition coefficient (Wildman–Crippen LogP) is 2.63. The van der Waals surface area contributed by atoms with Crippen LogP contribution in [0.25, 0.3) is 10.9 Å². The molecular formula is C19H20N4. The number of aromatic nitrogens is 2. The lowest BCUT2D eigenvalue weighted by molar-refractivity contribution is 0.580. The first-order chi connectivity index (χ1) is 11.4. The van der Waals surface area contributed by atoms with Crippen LogP contribution in [0, 0.1) is 0 Å². The first-order valence-electron chi connectivity index (χ1n) is 8.15. The van der Waals surface area contributed by atoms with Crippen LogP contribution in [0.4, 0.5) is 5.95 Å². The van der Waals surface area contributed by atoms with E-state index in [1.165, 1.54) is 5.56 Å². The van der Waals surface area contributed by atoms with Crippen molar-refractivity contribution in [3.63, 3.8) is 0 Å². The van der Waals surface area contributed by atoms with E-state index in [2.05, 4.69) is 52.7 Å². The number of nitrogens with zero attached hydrogens (tertiary/aromatic N) is 3. The van der Waals surface area contributed by atoms with Crippen LogP contribution in [0.2, 0.25) is 0 Å². The number of anilines is 1. The number of nitrogens with one attached hydrogen (secondary N) is 1. The van der Waals surface area contributed by atoms with Gasteiger partial charge in [-0.05, 0) is 11.6 Å². The summed E-state index contributed by atoms with van der Waals surface area (Å²) in [5, 5.41) is 4.53. The maximum absolute atomic E-state index is 4.91. The molecule has 1 aliphatic heterocycles. The van der Waals surface area contributed by atoms with Crippen LogP contribution in [0.5, 0.6) is 0 Å². The molecule has 2 aromatic carbocycles. The first-order valence-corrected chi connectivity index (χ1v) is 8.15. The van der Waals surface area contributed by atoms with E-state index in [9.17, 15) is 0 Å². The van der Waals surface area contributed by atoms with Crippen molar-refractivity contribution in [3.05, 3.63) is 65.9 Å². The molecule has 0 unspecified atom stereocenters. The third kappa shape index (κ3) is 3.03. The molecule has 0 bridgehead atoms. The Hall–Kier alpha value is -2.46. The molecule has 2 heterocycles. The lowest BCUT2D eigenvalue weighted by Crippen LogP contribution is -2.44. The van der Waals surface area contributed by atoms with E-state index >= 15 is 0 Å². The maximum Gasteiger partial charge on any atom is 0.226 e. The third-order valence-corrected chi connectivity index (χ3v) is 4.28. The number of piperazine rings is 1. The van der Waals surface area contributed by atoms with Crippen molar-refractivity contribution in [1.82, 2.24) is 15.3 Å². The molecule has 4 heteroatoms. The smallest absolute Gasteiger partial charge is 0.226 e. The normalized spacial score (nSPS) is 15.0. The molecule has 1 N–H and O–H groups in total. The van der Waals surface area contributed by atoms with Gasteiger partial charge in [0.1, 0.15) is 0 Å². The van der Waals surface area contributed by atoms with Crippen molar-refractivity contribution in [2.24, 2.45) is 0 Å². The molecule has 23 heavy (non-hydrogen) atoms. The van der Waals surface area contributed by atoms with Gasteiger partial charge in [0.05, 0.1) is 11.2 Å². The van der Waals surface area contributed by atoms with Crippen LogP contribution >= 0.6 is 0 Å². The van der Waals surface area contributed by atoms with E-state index in [1.54, 1.807) is 0 Å². The van der Waals surface area contributed by atoms with Gasteiger partial charge in [0.2, 0.25) is 5.95 Å². The van der Waals surface area contributed by atoms with Gasteiger partial charge >= 0.3 is 0 Å². The highest BCUT2D eigenvalue weighted by Crippen LogP contribution is 2.22. The fraction of sp³-hybridized carbons (Fsp3) is 0.263. The summed E-state index contributed by atoms with van der Waals surface area (Å²) >= 11 is 0. The minimum absolute atomic E-state index is 0.836. The lowest BCUT2D eigenvalue weighted by atomic mass is 10.1. The zero-order chi connectivity index (χ0) is 15.5. The minimum Gasteiger partial charge on any atom is -0.338 e. The van der Waals surface area contributed by atoms with Gasteiger partial charge in [-0.25, -0.2) is 9.97 Å². The molecular weight excluding hydrogens is 284 g/mol. The molecule has 4 rings (SSSR count). The van der Waals surface area contributed by atoms with Gasteiger partial charge in [-0.3, -0.25) is 0 Å². The van der Waals surface area contributed by atoms with Crippen LogP contribution < -0.4 is 10.2 Å². The molecule has 4 nitrogen and oxygen atoms in total. The maximum atomic E-state index is 4.91. The Morgan fingerprint density at radius 2 is 1.61 bits per heavy atom. The van der Waals surface area contributed by atoms with E-state index in [0.717, 1.165) is 55.1 Å². The van der Waals surface area contributed by atoms with E-state index in [1.807, 2.05) is 12.1 Å². The quantitative estimate of drug-likeness (QED) is 0.807. The van der Waals surface area contributed by atoms with Gasteiger partial charge in [0.15, 0.2) is 0 Å². The van der Waals surface area contributed by atoms with Crippen molar-refractivity contribution < 1.29 is 0 Å². The summed E-state index contributed by atoms with van der Waals surface area (Å²) in [6, 6.07) is 18.8. The highest BCUT2D eigenvalue weighted by atomic mass is 15.3. The fourth-order valence-corrected chi connectivity index (χ4v) is 3.06. The molecule has 0 spiro atoms. The van der Waals surface area contributed by atoms with Gasteiger partial charge in [-0.1, -0.05) is 48.5 Å². The number of benzene rings is 2. The molecule has 116 valence electrons. The number of rotatable bonds is 3. The summed E-state index contributed by atoms with van der Waals surface area (Å²) < 4.78 is 0. The van der Waals surface area contributed by atoms with E-state index in [-0.39, 0.29) is 0 Å². The Morgan fingerprint density at radius 3 is 2.43 bits per heavy atom. The molecule has 0 atom stereocenters. The fourth-order valence-electron chi connectivity index (χ4n) is 3.06. The van der Waals surface area contributed by atoms with Crippen molar-refractivity contribution in [3.8, 4) is 0 Å². The number of para-hydroxylation sites is 1. The molecule has 1 saturated heterocycles. The molecule has 0 aliphatic carbocycles. The number of fused-ring (bicyclic) bond motifs is 1. The van der Waals surface area contributed by atoms with Crippen LogP contribution in [0.3, 0.4) is 0 Å². The number of hydrogen-bond acceptors (Lipinski definition) is 4. The van der Waals surface area contributed by atoms with E-state index in [4.69, 9.17) is 9.97 Å². The molecule has 0 amide bonds. The highest BCUT2D eigenvalue weighted by molar-refractivity contribution is 5.82. The summed E-state index contributed by atoms with van der Waals surface area (Å²) in [7, 11) is 0. The lowest BCUT2D eigenvalue weighted by Gasteiger charge is -2.28. The SMILES string of the molecule is c1ccc(Cc2nc(N3CCNCC3)nc3ccccc23)cc1. The topological polar surface area (TPSA) is 41.1 Å². The largest absolute Gasteiger partial charge is 0.338 e. The molecule has 1 aliphatic rings. The Bertz CT molecular complexity index is 795. The molecule has 0 saturated carbocycles. The monoisotopic (exact) mass is 304 g/mol. The summed E-state index contributed by atoms with van der Waals surface area (Å²) in [6.07, 6.45) is 0.836. The minimum atomic E-state index is 0.836. The summed E-state index contributed by atoms with van der Waals surface area (Å²) in [5.74, 6) is 0.858. The summed E-state index contributed by atoms with van der Waals surface area (Å²) in [5.41, 5.74) is 3.42. The van der Waals surface area contributed by atoms with Crippen molar-refractivity contribution in [1.29, 1.82) is 0 Å². The van der Waals surface area contributed by atoms with Crippen LogP contribution in [0.15, 0.2) is 54.6 Å². The first kappa shape index (κ1) is 14.2. The van der Waals surface area contributed by atoms with Gasteiger partial charge < -0.3 is 10.2 Å². The predicted molar refractivity (Wildman–Crippen MR) is 93.9 cm³/mol. The van der Waals surface area contributed by atoms with Crippen LogP contribution in [0.1, 0.15) is 11.3 Å². The van der Waals surface area contributed by atoms with Gasteiger partial charge in [0, 0.05) is 38.0 Å². The zero-order valence-corrected chi connectivity index (χ0v) is 13.1.